The average molecular weight is 214 g/mol. The lowest BCUT2D eigenvalue weighted by Gasteiger charge is -2.16. The molecule has 0 N–H and O–H groups in total. The van der Waals surface area contributed by atoms with Gasteiger partial charge >= 0.3 is 0 Å². The Kier molecular flexibility index (Phi) is 2.77. The zero-order valence-electron chi connectivity index (χ0n) is 9.01. The largest absolute Gasteiger partial charge is 0.270 e. The predicted molar refractivity (Wildman–Crippen MR) is 63.1 cm³/mol. The minimum Gasteiger partial charge on any atom is -0.270 e. The van der Waals surface area contributed by atoms with Gasteiger partial charge in [0.15, 0.2) is 6.04 Å². The smallest absolute Gasteiger partial charge is 0.163 e. The molecule has 2 aliphatic rings. The third-order valence-electron chi connectivity index (χ3n) is 2.68. The maximum absolute atomic E-state index is 10.5. The molecular weight excluding hydrogens is 202 g/mol. The number of hydrogen-bond acceptors (Lipinski definition) is 2. The molecule has 2 rings (SSSR count). The summed E-state index contributed by atoms with van der Waals surface area (Å²) in [7, 11) is 0. The van der Waals surface area contributed by atoms with Crippen molar-refractivity contribution in [1.29, 1.82) is 0 Å². The van der Waals surface area contributed by atoms with Gasteiger partial charge in [-0.15, -0.1) is 5.57 Å². The molecule has 0 amide bonds. The zero-order valence-corrected chi connectivity index (χ0v) is 9.01. The van der Waals surface area contributed by atoms with Crippen LogP contribution in [0.4, 0.5) is 0 Å². The maximum atomic E-state index is 10.5. The van der Waals surface area contributed by atoms with Crippen LogP contribution < -0.4 is 0 Å². The van der Waals surface area contributed by atoms with Gasteiger partial charge in [0.1, 0.15) is 0 Å². The van der Waals surface area contributed by atoms with E-state index in [0.717, 1.165) is 17.6 Å². The molecule has 0 fully saturated rings. The minimum absolute atomic E-state index is 0.133. The van der Waals surface area contributed by atoms with E-state index < -0.39 is 0 Å². The van der Waals surface area contributed by atoms with Crippen LogP contribution in [0.2, 0.25) is 0 Å². The summed E-state index contributed by atoms with van der Waals surface area (Å²) in [5, 5.41) is 10.5. The quantitative estimate of drug-likeness (QED) is 0.402. The van der Waals surface area contributed by atoms with Gasteiger partial charge in [0, 0.05) is 4.92 Å². The fourth-order valence-electron chi connectivity index (χ4n) is 1.81. The van der Waals surface area contributed by atoms with Crippen molar-refractivity contribution in [2.45, 2.75) is 13.3 Å². The van der Waals surface area contributed by atoms with Gasteiger partial charge in [0.05, 0.1) is 0 Å². The molecule has 0 aromatic carbocycles. The Balaban J connectivity index is 2.27. The van der Waals surface area contributed by atoms with E-state index in [4.69, 9.17) is 0 Å². The van der Waals surface area contributed by atoms with Crippen LogP contribution in [0.15, 0.2) is 59.3 Å². The average Bonchev–Trinajstić information content (AvgIpc) is 2.77. The van der Waals surface area contributed by atoms with Crippen molar-refractivity contribution in [1.82, 2.24) is 0 Å². The standard InChI is InChI=1S/C13H12NO2/c1-2-10-4-3-5-13(10)11-6-8-12(9-7-11)14(15)16/h3-9H,2H2,1H3/q-1. The van der Waals surface area contributed by atoms with E-state index in [1.54, 1.807) is 24.3 Å². The van der Waals surface area contributed by atoms with Crippen LogP contribution in [0.1, 0.15) is 13.3 Å². The Morgan fingerprint density at radius 3 is 2.56 bits per heavy atom. The highest BCUT2D eigenvalue weighted by atomic mass is 16.6. The van der Waals surface area contributed by atoms with Crippen molar-refractivity contribution < 1.29 is 4.92 Å². The third-order valence-corrected chi connectivity index (χ3v) is 2.68. The van der Waals surface area contributed by atoms with Crippen molar-refractivity contribution in [3.8, 4) is 0 Å². The first-order valence-corrected chi connectivity index (χ1v) is 5.21. The van der Waals surface area contributed by atoms with E-state index in [0.29, 0.717) is 0 Å². The van der Waals surface area contributed by atoms with E-state index in [9.17, 15) is 10.1 Å². The Morgan fingerprint density at radius 2 is 2.00 bits per heavy atom. The zero-order chi connectivity index (χ0) is 11.5. The fraction of sp³-hybridized carbons (Fsp3) is 0.154. The van der Waals surface area contributed by atoms with E-state index >= 15 is 0 Å². The van der Waals surface area contributed by atoms with Gasteiger partial charge in [-0.1, -0.05) is 37.3 Å². The van der Waals surface area contributed by atoms with Crippen molar-refractivity contribution in [3.63, 3.8) is 0 Å². The van der Waals surface area contributed by atoms with Gasteiger partial charge in [-0.2, -0.15) is 12.2 Å². The summed E-state index contributed by atoms with van der Waals surface area (Å²) < 4.78 is 0. The SMILES string of the molecule is CCC1=CC=CC1=C1C=C[C-]([N+](=O)[O-])C=C1. The molecule has 0 saturated heterocycles. The molecule has 0 aliphatic heterocycles. The molecule has 0 spiro atoms. The number of allylic oxidation sites excluding steroid dienone is 8. The summed E-state index contributed by atoms with van der Waals surface area (Å²) in [5.74, 6) is 0. The molecule has 0 unspecified atom stereocenters. The van der Waals surface area contributed by atoms with Gasteiger partial charge in [-0.3, -0.25) is 10.1 Å². The van der Waals surface area contributed by atoms with E-state index in [-0.39, 0.29) is 11.0 Å². The first kappa shape index (κ1) is 10.5. The summed E-state index contributed by atoms with van der Waals surface area (Å²) in [4.78, 5) is 10.1. The lowest BCUT2D eigenvalue weighted by atomic mass is 9.97. The van der Waals surface area contributed by atoms with Gasteiger partial charge in [0.2, 0.25) is 0 Å². The predicted octanol–water partition coefficient (Wildman–Crippen LogP) is 3.12. The second-order valence-corrected chi connectivity index (χ2v) is 3.62. The summed E-state index contributed by atoms with van der Waals surface area (Å²) in [5.41, 5.74) is 3.47. The molecule has 3 nitrogen and oxygen atoms in total. The fourth-order valence-corrected chi connectivity index (χ4v) is 1.81. The van der Waals surface area contributed by atoms with Crippen molar-refractivity contribution in [2.24, 2.45) is 0 Å². The summed E-state index contributed by atoms with van der Waals surface area (Å²) in [6.45, 7) is 2.10. The van der Waals surface area contributed by atoms with Crippen LogP contribution in [-0.2, 0) is 0 Å². The van der Waals surface area contributed by atoms with Crippen molar-refractivity contribution in [3.05, 3.63) is 75.4 Å². The number of nitro groups is 1. The van der Waals surface area contributed by atoms with Crippen LogP contribution >= 0.6 is 0 Å². The van der Waals surface area contributed by atoms with E-state index in [2.05, 4.69) is 13.0 Å². The van der Waals surface area contributed by atoms with Crippen molar-refractivity contribution in [2.75, 3.05) is 0 Å². The van der Waals surface area contributed by atoms with Crippen molar-refractivity contribution >= 4 is 0 Å². The number of rotatable bonds is 2. The lowest BCUT2D eigenvalue weighted by Crippen LogP contribution is -2.06. The second kappa shape index (κ2) is 4.23. The van der Waals surface area contributed by atoms with E-state index in [1.165, 1.54) is 5.57 Å². The molecule has 0 saturated carbocycles. The molecule has 3 heteroatoms. The van der Waals surface area contributed by atoms with Crippen LogP contribution in [0, 0.1) is 16.2 Å². The molecule has 2 aliphatic carbocycles. The molecule has 0 heterocycles. The topological polar surface area (TPSA) is 43.1 Å². The monoisotopic (exact) mass is 214 g/mol. The molecule has 16 heavy (non-hydrogen) atoms. The Labute approximate surface area is 94.3 Å². The van der Waals surface area contributed by atoms with E-state index in [1.807, 2.05) is 12.2 Å². The summed E-state index contributed by atoms with van der Waals surface area (Å²) in [6, 6.07) is 0.133. The Bertz CT molecular complexity index is 448. The molecule has 0 atom stereocenters. The summed E-state index contributed by atoms with van der Waals surface area (Å²) >= 11 is 0. The normalized spacial score (nSPS) is 18.3. The van der Waals surface area contributed by atoms with Crippen LogP contribution in [0.5, 0.6) is 0 Å². The first-order valence-electron chi connectivity index (χ1n) is 5.21. The van der Waals surface area contributed by atoms with Crippen LogP contribution in [0.3, 0.4) is 0 Å². The maximum Gasteiger partial charge on any atom is 0.163 e. The van der Waals surface area contributed by atoms with Gasteiger partial charge in [-0.05, 0) is 17.6 Å². The Hall–Kier alpha value is -2.03. The van der Waals surface area contributed by atoms with Crippen LogP contribution in [0.25, 0.3) is 0 Å². The third kappa shape index (κ3) is 1.84. The van der Waals surface area contributed by atoms with Gasteiger partial charge in [0.25, 0.3) is 0 Å². The first-order chi connectivity index (χ1) is 7.72. The minimum atomic E-state index is -0.379. The highest BCUT2D eigenvalue weighted by molar-refractivity contribution is 5.58. The summed E-state index contributed by atoms with van der Waals surface area (Å²) in [6.07, 6.45) is 13.8. The van der Waals surface area contributed by atoms with Gasteiger partial charge < -0.3 is 0 Å². The highest BCUT2D eigenvalue weighted by Crippen LogP contribution is 2.28. The highest BCUT2D eigenvalue weighted by Gasteiger charge is 2.10. The Morgan fingerprint density at radius 1 is 1.31 bits per heavy atom. The molecule has 0 bridgehead atoms. The van der Waals surface area contributed by atoms with Crippen LogP contribution in [-0.4, -0.2) is 4.92 Å². The molecule has 0 aromatic rings. The lowest BCUT2D eigenvalue weighted by molar-refractivity contribution is -0.448. The van der Waals surface area contributed by atoms with Gasteiger partial charge in [-0.25, -0.2) is 0 Å². The molecule has 82 valence electrons. The molecular formula is C13H12NO2-. The molecule has 0 radical (unpaired) electrons. The molecule has 0 aromatic heterocycles. The second-order valence-electron chi connectivity index (χ2n) is 3.62. The number of nitrogens with zero attached hydrogens (tertiary/aromatic N) is 1. The number of hydrogen-bond donors (Lipinski definition) is 0.